The molecule has 0 radical (unpaired) electrons. The SMILES string of the molecule is c1ccc(N(c2ccccc2)c2ccc(N(c3ccccc3)c3cccc(-c4cc(-c5cc(N(c6ccccc6)c6ccccc6)cc(N(c6ccccc6)c6ccccc6)c5)cc(-c5ccc6c(c5)c5ccccc5n6-c5ccccc5)c4)c3)cc2)cc1. The Morgan fingerprint density at radius 2 is 0.449 bits per heavy atom. The second-order valence-electron chi connectivity index (χ2n) is 22.2. The summed E-state index contributed by atoms with van der Waals surface area (Å²) in [5, 5.41) is 2.41. The number of hydrogen-bond acceptors (Lipinski definition) is 4. The second-order valence-corrected chi connectivity index (χ2v) is 22.2. The van der Waals surface area contributed by atoms with Gasteiger partial charge in [0, 0.05) is 84.7 Å². The molecule has 15 aromatic rings. The lowest BCUT2D eigenvalue weighted by molar-refractivity contribution is 1.18. The van der Waals surface area contributed by atoms with Gasteiger partial charge in [-0.1, -0.05) is 182 Å². The summed E-state index contributed by atoms with van der Waals surface area (Å²) >= 11 is 0. The van der Waals surface area contributed by atoms with E-state index in [1.165, 1.54) is 16.3 Å². The molecular weight excluding hydrogens is 1080 g/mol. The second kappa shape index (κ2) is 24.2. The fourth-order valence-corrected chi connectivity index (χ4v) is 12.6. The van der Waals surface area contributed by atoms with E-state index in [0.717, 1.165) is 113 Å². The number of hydrogen-bond donors (Lipinski definition) is 0. The van der Waals surface area contributed by atoms with Crippen LogP contribution in [0.25, 0.3) is 60.9 Å². The molecule has 1 aromatic heterocycles. The molecule has 5 heteroatoms. The van der Waals surface area contributed by atoms with Gasteiger partial charge in [-0.3, -0.25) is 0 Å². The standard InChI is InChI=1S/C84H61N5/c1-9-29-68(30-10-1)85(69-31-11-2-12-32-69)76-49-51-77(52-50-76)86(70-33-13-3-14-34-70)78-45-27-28-62(57-78)64-54-65(63-48-53-84-82(60-63)81-46-25-26-47-83(81)89(84)75-43-23-8-24-44-75)56-66(55-64)67-58-79(87(71-35-15-4-16-36-71)72-37-17-5-18-38-72)61-80(59-67)88(73-39-19-6-20-40-73)74-41-21-7-22-42-74/h1-61H. The summed E-state index contributed by atoms with van der Waals surface area (Å²) in [6.07, 6.45) is 0. The summed E-state index contributed by atoms with van der Waals surface area (Å²) < 4.78 is 2.39. The third-order valence-electron chi connectivity index (χ3n) is 16.6. The lowest BCUT2D eigenvalue weighted by Gasteiger charge is -2.30. The molecule has 0 spiro atoms. The highest BCUT2D eigenvalue weighted by atomic mass is 15.2. The lowest BCUT2D eigenvalue weighted by atomic mass is 9.92. The van der Waals surface area contributed by atoms with Crippen molar-refractivity contribution >= 4 is 90.1 Å². The molecule has 89 heavy (non-hydrogen) atoms. The van der Waals surface area contributed by atoms with Crippen molar-refractivity contribution in [2.75, 3.05) is 19.6 Å². The van der Waals surface area contributed by atoms with Crippen molar-refractivity contribution in [1.82, 2.24) is 4.57 Å². The van der Waals surface area contributed by atoms with Crippen molar-refractivity contribution in [3.05, 3.63) is 370 Å². The summed E-state index contributed by atoms with van der Waals surface area (Å²) in [6, 6.07) is 133. The van der Waals surface area contributed by atoms with Gasteiger partial charge >= 0.3 is 0 Å². The molecule has 0 aliphatic rings. The maximum Gasteiger partial charge on any atom is 0.0541 e. The average molecular weight is 1140 g/mol. The molecule has 0 unspecified atom stereocenters. The Hall–Kier alpha value is -11.9. The van der Waals surface area contributed by atoms with Gasteiger partial charge in [-0.05, 0) is 221 Å². The molecule has 0 aliphatic carbocycles. The third kappa shape index (κ3) is 10.9. The molecule has 0 amide bonds. The van der Waals surface area contributed by atoms with Gasteiger partial charge in [0.25, 0.3) is 0 Å². The van der Waals surface area contributed by atoms with E-state index in [1.54, 1.807) is 0 Å². The van der Waals surface area contributed by atoms with Gasteiger partial charge in [0.05, 0.1) is 11.0 Å². The number of benzene rings is 14. The molecule has 14 aromatic carbocycles. The Labute approximate surface area is 520 Å². The summed E-state index contributed by atoms with van der Waals surface area (Å²) in [7, 11) is 0. The fourth-order valence-electron chi connectivity index (χ4n) is 12.6. The Bertz CT molecular complexity index is 4650. The molecule has 422 valence electrons. The molecule has 0 bridgehead atoms. The quantitative estimate of drug-likeness (QED) is 0.0959. The van der Waals surface area contributed by atoms with Crippen LogP contribution < -0.4 is 19.6 Å². The van der Waals surface area contributed by atoms with Crippen LogP contribution in [0.4, 0.5) is 68.2 Å². The van der Waals surface area contributed by atoms with Gasteiger partial charge in [-0.2, -0.15) is 0 Å². The first kappa shape index (κ1) is 53.8. The van der Waals surface area contributed by atoms with Gasteiger partial charge < -0.3 is 24.2 Å². The first-order chi connectivity index (χ1) is 44.1. The number of fused-ring (bicyclic) bond motifs is 3. The van der Waals surface area contributed by atoms with Gasteiger partial charge in [-0.25, -0.2) is 0 Å². The van der Waals surface area contributed by atoms with Crippen LogP contribution in [0.1, 0.15) is 0 Å². The van der Waals surface area contributed by atoms with Gasteiger partial charge in [0.1, 0.15) is 0 Å². The van der Waals surface area contributed by atoms with Crippen LogP contribution in [0, 0.1) is 0 Å². The van der Waals surface area contributed by atoms with Crippen LogP contribution in [-0.4, -0.2) is 4.57 Å². The minimum absolute atomic E-state index is 1.02. The molecular formula is C84H61N5. The predicted octanol–water partition coefficient (Wildman–Crippen LogP) is 23.7. The third-order valence-corrected chi connectivity index (χ3v) is 16.6. The lowest BCUT2D eigenvalue weighted by Crippen LogP contribution is -2.13. The molecule has 0 N–H and O–H groups in total. The fraction of sp³-hybridized carbons (Fsp3) is 0. The summed E-state index contributed by atoms with van der Waals surface area (Å²) in [5.74, 6) is 0. The average Bonchev–Trinajstić information content (AvgIpc) is 2.08. The number of aromatic nitrogens is 1. The monoisotopic (exact) mass is 1140 g/mol. The summed E-state index contributed by atoms with van der Waals surface area (Å²) in [4.78, 5) is 9.42. The van der Waals surface area contributed by atoms with Crippen molar-refractivity contribution in [3.8, 4) is 39.1 Å². The van der Waals surface area contributed by atoms with E-state index in [2.05, 4.69) is 394 Å². The van der Waals surface area contributed by atoms with Crippen LogP contribution in [0.3, 0.4) is 0 Å². The minimum atomic E-state index is 1.02. The zero-order chi connectivity index (χ0) is 59.3. The first-order valence-corrected chi connectivity index (χ1v) is 30.3. The van der Waals surface area contributed by atoms with E-state index in [0.29, 0.717) is 0 Å². The molecule has 0 saturated heterocycles. The van der Waals surface area contributed by atoms with Gasteiger partial charge in [0.15, 0.2) is 0 Å². The maximum absolute atomic E-state index is 2.40. The van der Waals surface area contributed by atoms with Crippen LogP contribution in [-0.2, 0) is 0 Å². The molecule has 5 nitrogen and oxygen atoms in total. The zero-order valence-electron chi connectivity index (χ0n) is 49.0. The van der Waals surface area contributed by atoms with Crippen molar-refractivity contribution in [2.24, 2.45) is 0 Å². The highest BCUT2D eigenvalue weighted by Gasteiger charge is 2.22. The van der Waals surface area contributed by atoms with Crippen molar-refractivity contribution in [2.45, 2.75) is 0 Å². The summed E-state index contributed by atoms with van der Waals surface area (Å²) in [6.45, 7) is 0. The van der Waals surface area contributed by atoms with Crippen LogP contribution in [0.2, 0.25) is 0 Å². The van der Waals surface area contributed by atoms with E-state index in [4.69, 9.17) is 0 Å². The highest BCUT2D eigenvalue weighted by molar-refractivity contribution is 6.10. The van der Waals surface area contributed by atoms with Crippen molar-refractivity contribution in [3.63, 3.8) is 0 Å². The van der Waals surface area contributed by atoms with Crippen molar-refractivity contribution < 1.29 is 0 Å². The van der Waals surface area contributed by atoms with E-state index in [-0.39, 0.29) is 0 Å². The number of nitrogens with zero attached hydrogens (tertiary/aromatic N) is 5. The number of para-hydroxylation sites is 9. The van der Waals surface area contributed by atoms with Crippen LogP contribution in [0.5, 0.6) is 0 Å². The molecule has 0 saturated carbocycles. The highest BCUT2D eigenvalue weighted by Crippen LogP contribution is 2.46. The molecule has 0 aliphatic heterocycles. The largest absolute Gasteiger partial charge is 0.311 e. The predicted molar refractivity (Wildman–Crippen MR) is 376 cm³/mol. The number of rotatable bonds is 16. The number of anilines is 12. The minimum Gasteiger partial charge on any atom is -0.311 e. The Kier molecular flexibility index (Phi) is 14.6. The molecule has 0 atom stereocenters. The van der Waals surface area contributed by atoms with Gasteiger partial charge in [-0.15, -0.1) is 0 Å². The molecule has 15 rings (SSSR count). The molecule has 1 heterocycles. The summed E-state index contributed by atoms with van der Waals surface area (Å²) in [5.41, 5.74) is 22.7. The Balaban J connectivity index is 0.936. The smallest absolute Gasteiger partial charge is 0.0541 e. The maximum atomic E-state index is 2.40. The Morgan fingerprint density at radius 1 is 0.157 bits per heavy atom. The Morgan fingerprint density at radius 3 is 0.876 bits per heavy atom. The zero-order valence-corrected chi connectivity index (χ0v) is 49.0. The van der Waals surface area contributed by atoms with Crippen LogP contribution >= 0.6 is 0 Å². The van der Waals surface area contributed by atoms with Gasteiger partial charge in [0.2, 0.25) is 0 Å². The van der Waals surface area contributed by atoms with E-state index < -0.39 is 0 Å². The van der Waals surface area contributed by atoms with E-state index in [1.807, 2.05) is 0 Å². The van der Waals surface area contributed by atoms with E-state index in [9.17, 15) is 0 Å². The first-order valence-electron chi connectivity index (χ1n) is 30.3. The van der Waals surface area contributed by atoms with Crippen LogP contribution in [0.15, 0.2) is 370 Å². The van der Waals surface area contributed by atoms with Crippen molar-refractivity contribution in [1.29, 1.82) is 0 Å². The molecule has 0 fully saturated rings. The van der Waals surface area contributed by atoms with E-state index >= 15 is 0 Å². The normalized spacial score (nSPS) is 11.1. The topological polar surface area (TPSA) is 17.9 Å².